The van der Waals surface area contributed by atoms with E-state index in [0.717, 1.165) is 25.8 Å². The second-order valence-corrected chi connectivity index (χ2v) is 2.72. The minimum absolute atomic E-state index is 0.276. The van der Waals surface area contributed by atoms with Gasteiger partial charge in [-0.2, -0.15) is 5.26 Å². The van der Waals surface area contributed by atoms with Crippen LogP contribution in [0, 0.1) is 11.3 Å². The van der Waals surface area contributed by atoms with Crippen LogP contribution in [0.15, 0.2) is 12.7 Å². The highest BCUT2D eigenvalue weighted by Crippen LogP contribution is 2.21. The first-order chi connectivity index (χ1) is 4.83. The number of rotatable bonds is 2. The van der Waals surface area contributed by atoms with Gasteiger partial charge in [-0.1, -0.05) is 6.08 Å². The molecule has 1 unspecified atom stereocenters. The summed E-state index contributed by atoms with van der Waals surface area (Å²) in [5.74, 6) is 0. The van der Waals surface area contributed by atoms with E-state index in [-0.39, 0.29) is 5.54 Å². The van der Waals surface area contributed by atoms with Gasteiger partial charge in [-0.25, -0.2) is 0 Å². The number of nitrogens with one attached hydrogen (secondary N) is 1. The van der Waals surface area contributed by atoms with Crippen LogP contribution in [0.3, 0.4) is 0 Å². The van der Waals surface area contributed by atoms with Crippen molar-refractivity contribution in [1.82, 2.24) is 5.32 Å². The number of hydrogen-bond acceptors (Lipinski definition) is 2. The monoisotopic (exact) mass is 136 g/mol. The van der Waals surface area contributed by atoms with Crippen molar-refractivity contribution in [2.24, 2.45) is 0 Å². The molecule has 54 valence electrons. The molecule has 0 saturated carbocycles. The zero-order chi connectivity index (χ0) is 7.45. The van der Waals surface area contributed by atoms with E-state index in [1.807, 2.05) is 6.08 Å². The molecule has 0 aromatic carbocycles. The van der Waals surface area contributed by atoms with Crippen LogP contribution in [0.5, 0.6) is 0 Å². The minimum atomic E-state index is -0.276. The molecule has 0 aromatic rings. The van der Waals surface area contributed by atoms with E-state index in [2.05, 4.69) is 18.0 Å². The largest absolute Gasteiger partial charge is 0.299 e. The summed E-state index contributed by atoms with van der Waals surface area (Å²) in [5.41, 5.74) is -0.276. The van der Waals surface area contributed by atoms with Gasteiger partial charge in [0, 0.05) is 0 Å². The smallest absolute Gasteiger partial charge is 0.110 e. The molecule has 1 rings (SSSR count). The Hall–Kier alpha value is -0.810. The third-order valence-electron chi connectivity index (χ3n) is 1.95. The molecule has 0 aliphatic carbocycles. The van der Waals surface area contributed by atoms with Crippen LogP contribution in [0.1, 0.15) is 19.3 Å². The summed E-state index contributed by atoms with van der Waals surface area (Å²) in [6.07, 6.45) is 4.65. The lowest BCUT2D eigenvalue weighted by Crippen LogP contribution is -2.37. The van der Waals surface area contributed by atoms with Gasteiger partial charge in [0.1, 0.15) is 5.54 Å². The second-order valence-electron chi connectivity index (χ2n) is 2.72. The Balaban J connectivity index is 2.59. The first-order valence-electron chi connectivity index (χ1n) is 3.60. The first-order valence-corrected chi connectivity index (χ1v) is 3.60. The lowest BCUT2D eigenvalue weighted by Gasteiger charge is -2.17. The van der Waals surface area contributed by atoms with Crippen molar-refractivity contribution in [2.45, 2.75) is 24.8 Å². The van der Waals surface area contributed by atoms with Crippen molar-refractivity contribution >= 4 is 0 Å². The standard InChI is InChI=1S/C8H12N2/c1-2-4-8(7-9)5-3-6-10-8/h2,10H,1,3-6H2. The lowest BCUT2D eigenvalue weighted by atomic mass is 9.96. The first kappa shape index (κ1) is 7.30. The van der Waals surface area contributed by atoms with Crippen molar-refractivity contribution < 1.29 is 0 Å². The third-order valence-corrected chi connectivity index (χ3v) is 1.95. The van der Waals surface area contributed by atoms with Crippen molar-refractivity contribution in [3.8, 4) is 6.07 Å². The summed E-state index contributed by atoms with van der Waals surface area (Å²) in [6.45, 7) is 4.60. The highest BCUT2D eigenvalue weighted by molar-refractivity contribution is 5.12. The van der Waals surface area contributed by atoms with Gasteiger partial charge in [0.2, 0.25) is 0 Å². The number of hydrogen-bond donors (Lipinski definition) is 1. The van der Waals surface area contributed by atoms with Crippen LogP contribution >= 0.6 is 0 Å². The predicted molar refractivity (Wildman–Crippen MR) is 40.4 cm³/mol. The molecule has 1 aliphatic heterocycles. The predicted octanol–water partition coefficient (Wildman–Crippen LogP) is 1.21. The normalized spacial score (nSPS) is 31.5. The summed E-state index contributed by atoms with van der Waals surface area (Å²) in [6, 6.07) is 2.30. The Kier molecular flexibility index (Phi) is 2.08. The molecule has 1 atom stereocenters. The Bertz CT molecular complexity index is 161. The third kappa shape index (κ3) is 1.19. The van der Waals surface area contributed by atoms with Crippen molar-refractivity contribution in [3.05, 3.63) is 12.7 Å². The summed E-state index contributed by atoms with van der Waals surface area (Å²) in [4.78, 5) is 0. The van der Waals surface area contributed by atoms with E-state index in [1.165, 1.54) is 0 Å². The number of nitriles is 1. The van der Waals surface area contributed by atoms with Crippen LogP contribution in [0.2, 0.25) is 0 Å². The Morgan fingerprint density at radius 1 is 1.80 bits per heavy atom. The SMILES string of the molecule is C=CCC1(C#N)CCCN1. The lowest BCUT2D eigenvalue weighted by molar-refractivity contribution is 0.490. The molecule has 10 heavy (non-hydrogen) atoms. The molecule has 0 bridgehead atoms. The quantitative estimate of drug-likeness (QED) is 0.579. The van der Waals surface area contributed by atoms with E-state index in [9.17, 15) is 0 Å². The fourth-order valence-corrected chi connectivity index (χ4v) is 1.37. The zero-order valence-electron chi connectivity index (χ0n) is 6.06. The van der Waals surface area contributed by atoms with Crippen molar-refractivity contribution in [2.75, 3.05) is 6.54 Å². The molecule has 2 nitrogen and oxygen atoms in total. The maximum Gasteiger partial charge on any atom is 0.110 e. The second kappa shape index (κ2) is 2.85. The molecule has 0 radical (unpaired) electrons. The fraction of sp³-hybridized carbons (Fsp3) is 0.625. The molecular formula is C8H12N2. The summed E-state index contributed by atoms with van der Waals surface area (Å²) < 4.78 is 0. The Morgan fingerprint density at radius 2 is 2.60 bits per heavy atom. The maximum atomic E-state index is 8.79. The van der Waals surface area contributed by atoms with E-state index >= 15 is 0 Å². The summed E-state index contributed by atoms with van der Waals surface area (Å²) in [5, 5.41) is 12.0. The van der Waals surface area contributed by atoms with Gasteiger partial charge in [-0.3, -0.25) is 5.32 Å². The van der Waals surface area contributed by atoms with Gasteiger partial charge >= 0.3 is 0 Å². The molecule has 1 N–H and O–H groups in total. The Morgan fingerprint density at radius 3 is 3.00 bits per heavy atom. The van der Waals surface area contributed by atoms with Crippen LogP contribution < -0.4 is 5.32 Å². The molecule has 0 amide bonds. The van der Waals surface area contributed by atoms with Gasteiger partial charge in [0.15, 0.2) is 0 Å². The number of nitrogens with zero attached hydrogens (tertiary/aromatic N) is 1. The highest BCUT2D eigenvalue weighted by Gasteiger charge is 2.31. The molecular weight excluding hydrogens is 124 g/mol. The van der Waals surface area contributed by atoms with Crippen LogP contribution in [0.4, 0.5) is 0 Å². The average molecular weight is 136 g/mol. The molecule has 1 heterocycles. The van der Waals surface area contributed by atoms with Crippen LogP contribution in [0.25, 0.3) is 0 Å². The van der Waals surface area contributed by atoms with E-state index in [1.54, 1.807) is 0 Å². The van der Waals surface area contributed by atoms with Crippen LogP contribution in [-0.2, 0) is 0 Å². The molecule has 1 aliphatic rings. The van der Waals surface area contributed by atoms with Gasteiger partial charge in [-0.15, -0.1) is 6.58 Å². The van der Waals surface area contributed by atoms with Gasteiger partial charge in [-0.05, 0) is 25.8 Å². The highest BCUT2D eigenvalue weighted by atomic mass is 15.0. The molecule has 1 saturated heterocycles. The summed E-state index contributed by atoms with van der Waals surface area (Å²) in [7, 11) is 0. The van der Waals surface area contributed by atoms with E-state index in [4.69, 9.17) is 5.26 Å². The van der Waals surface area contributed by atoms with E-state index < -0.39 is 0 Å². The van der Waals surface area contributed by atoms with Gasteiger partial charge in [0.25, 0.3) is 0 Å². The van der Waals surface area contributed by atoms with Gasteiger partial charge < -0.3 is 0 Å². The fourth-order valence-electron chi connectivity index (χ4n) is 1.37. The maximum absolute atomic E-state index is 8.79. The Labute approximate surface area is 61.5 Å². The topological polar surface area (TPSA) is 35.8 Å². The van der Waals surface area contributed by atoms with Crippen molar-refractivity contribution in [3.63, 3.8) is 0 Å². The molecule has 0 spiro atoms. The zero-order valence-corrected chi connectivity index (χ0v) is 6.06. The molecule has 2 heteroatoms. The molecule has 1 fully saturated rings. The van der Waals surface area contributed by atoms with Gasteiger partial charge in [0.05, 0.1) is 6.07 Å². The van der Waals surface area contributed by atoms with E-state index in [0.29, 0.717) is 0 Å². The van der Waals surface area contributed by atoms with Crippen LogP contribution in [-0.4, -0.2) is 12.1 Å². The average Bonchev–Trinajstić information content (AvgIpc) is 2.39. The summed E-state index contributed by atoms with van der Waals surface area (Å²) >= 11 is 0. The minimum Gasteiger partial charge on any atom is -0.299 e. The molecule has 0 aromatic heterocycles. The van der Waals surface area contributed by atoms with Crippen molar-refractivity contribution in [1.29, 1.82) is 5.26 Å².